The van der Waals surface area contributed by atoms with Crippen molar-refractivity contribution in [3.8, 4) is 0 Å². The topological polar surface area (TPSA) is 3.24 Å². The van der Waals surface area contributed by atoms with E-state index >= 15 is 0 Å². The molecule has 0 aliphatic heterocycles. The molecule has 0 aromatic heterocycles. The van der Waals surface area contributed by atoms with Gasteiger partial charge in [0.2, 0.25) is 0 Å². The Kier molecular flexibility index (Phi) is 3.61. The highest BCUT2D eigenvalue weighted by Gasteiger charge is 2.01. The van der Waals surface area contributed by atoms with Crippen LogP contribution in [0.25, 0.3) is 6.08 Å². The van der Waals surface area contributed by atoms with E-state index in [-0.39, 0.29) is 0 Å². The van der Waals surface area contributed by atoms with Crippen LogP contribution >= 0.6 is 0 Å². The lowest BCUT2D eigenvalue weighted by atomic mass is 10.2. The zero-order valence-electron chi connectivity index (χ0n) is 10.3. The maximum absolute atomic E-state index is 2.18. The first-order valence-electron chi connectivity index (χ1n) is 5.83. The molecule has 0 amide bonds. The quantitative estimate of drug-likeness (QED) is 0.741. The van der Waals surface area contributed by atoms with Crippen molar-refractivity contribution < 1.29 is 0 Å². The highest BCUT2D eigenvalue weighted by atomic mass is 15.1. The largest absolute Gasteiger partial charge is 0.345 e. The summed E-state index contributed by atoms with van der Waals surface area (Å²) in [5.74, 6) is 0. The molecule has 86 valence electrons. The number of allylic oxidation sites excluding steroid dienone is 1. The van der Waals surface area contributed by atoms with Crippen molar-refractivity contribution in [2.75, 3.05) is 11.9 Å². The van der Waals surface area contributed by atoms with Gasteiger partial charge in [-0.2, -0.15) is 0 Å². The highest BCUT2D eigenvalue weighted by Crippen LogP contribution is 2.23. The average Bonchev–Trinajstić information content (AvgIpc) is 2.40. The monoisotopic (exact) mass is 223 g/mol. The summed E-state index contributed by atoms with van der Waals surface area (Å²) >= 11 is 0. The molecule has 2 aromatic carbocycles. The number of para-hydroxylation sites is 1. The molecule has 2 aromatic rings. The Hall–Kier alpha value is -2.02. The molecule has 2 rings (SSSR count). The van der Waals surface area contributed by atoms with Gasteiger partial charge in [0, 0.05) is 18.4 Å². The van der Waals surface area contributed by atoms with E-state index in [4.69, 9.17) is 0 Å². The summed E-state index contributed by atoms with van der Waals surface area (Å²) in [5, 5.41) is 0. The number of hydrogen-bond donors (Lipinski definition) is 0. The fraction of sp³-hybridized carbons (Fsp3) is 0.125. The van der Waals surface area contributed by atoms with Gasteiger partial charge in [-0.1, -0.05) is 42.5 Å². The van der Waals surface area contributed by atoms with E-state index in [1.165, 1.54) is 16.9 Å². The summed E-state index contributed by atoms with van der Waals surface area (Å²) in [4.78, 5) is 2.18. The minimum absolute atomic E-state index is 1.20. The lowest BCUT2D eigenvalue weighted by Crippen LogP contribution is -2.08. The van der Waals surface area contributed by atoms with Gasteiger partial charge in [-0.05, 0) is 36.8 Å². The fourth-order valence-corrected chi connectivity index (χ4v) is 1.80. The Morgan fingerprint density at radius 2 is 1.41 bits per heavy atom. The molecule has 0 aliphatic carbocycles. The van der Waals surface area contributed by atoms with E-state index < -0.39 is 0 Å². The van der Waals surface area contributed by atoms with Gasteiger partial charge in [-0.25, -0.2) is 0 Å². The van der Waals surface area contributed by atoms with E-state index in [0.717, 1.165) is 0 Å². The van der Waals surface area contributed by atoms with Crippen LogP contribution in [0, 0.1) is 0 Å². The number of benzene rings is 2. The summed E-state index contributed by atoms with van der Waals surface area (Å²) in [6.07, 6.45) is 4.15. The van der Waals surface area contributed by atoms with Crippen LogP contribution < -0.4 is 4.90 Å². The first-order chi connectivity index (χ1) is 8.31. The number of nitrogens with zero attached hydrogens (tertiary/aromatic N) is 1. The maximum Gasteiger partial charge on any atom is 0.0408 e. The van der Waals surface area contributed by atoms with Crippen LogP contribution in [0.1, 0.15) is 12.5 Å². The van der Waals surface area contributed by atoms with Crippen molar-refractivity contribution in [1.82, 2.24) is 0 Å². The summed E-state index contributed by atoms with van der Waals surface area (Å²) in [6, 6.07) is 18.9. The van der Waals surface area contributed by atoms with Crippen LogP contribution in [0.2, 0.25) is 0 Å². The zero-order chi connectivity index (χ0) is 12.1. The van der Waals surface area contributed by atoms with E-state index in [9.17, 15) is 0 Å². The molecule has 0 N–H and O–H groups in total. The lowest BCUT2D eigenvalue weighted by Gasteiger charge is -2.19. The second kappa shape index (κ2) is 5.35. The number of anilines is 2. The molecule has 0 fully saturated rings. The lowest BCUT2D eigenvalue weighted by molar-refractivity contribution is 1.21. The Bertz CT molecular complexity index is 483. The van der Waals surface area contributed by atoms with Crippen LogP contribution in [0.15, 0.2) is 60.7 Å². The normalized spacial score (nSPS) is 10.7. The Morgan fingerprint density at radius 3 is 2.00 bits per heavy atom. The Balaban J connectivity index is 2.23. The van der Waals surface area contributed by atoms with Crippen molar-refractivity contribution in [3.63, 3.8) is 0 Å². The third-order valence-corrected chi connectivity index (χ3v) is 2.78. The maximum atomic E-state index is 2.18. The van der Waals surface area contributed by atoms with Crippen LogP contribution in [-0.4, -0.2) is 7.05 Å². The van der Waals surface area contributed by atoms with E-state index in [1.54, 1.807) is 0 Å². The Labute approximate surface area is 103 Å². The second-order valence-electron chi connectivity index (χ2n) is 3.99. The van der Waals surface area contributed by atoms with Crippen molar-refractivity contribution in [3.05, 3.63) is 66.2 Å². The van der Waals surface area contributed by atoms with Gasteiger partial charge < -0.3 is 4.90 Å². The first kappa shape index (κ1) is 11.5. The smallest absolute Gasteiger partial charge is 0.0408 e. The van der Waals surface area contributed by atoms with Crippen molar-refractivity contribution in [2.24, 2.45) is 0 Å². The number of hydrogen-bond acceptors (Lipinski definition) is 1. The van der Waals surface area contributed by atoms with Crippen LogP contribution in [-0.2, 0) is 0 Å². The summed E-state index contributed by atoms with van der Waals surface area (Å²) in [6.45, 7) is 2.03. The number of rotatable bonds is 3. The molecule has 0 aliphatic rings. The third kappa shape index (κ3) is 2.76. The molecule has 1 nitrogen and oxygen atoms in total. The van der Waals surface area contributed by atoms with Gasteiger partial charge in [0.05, 0.1) is 0 Å². The fourth-order valence-electron chi connectivity index (χ4n) is 1.80. The molecule has 0 bridgehead atoms. The average molecular weight is 223 g/mol. The van der Waals surface area contributed by atoms with Gasteiger partial charge in [0.1, 0.15) is 0 Å². The molecular formula is C16H17N. The first-order valence-corrected chi connectivity index (χ1v) is 5.83. The van der Waals surface area contributed by atoms with Crippen molar-refractivity contribution in [1.29, 1.82) is 0 Å². The van der Waals surface area contributed by atoms with E-state index in [1.807, 2.05) is 13.0 Å². The Morgan fingerprint density at radius 1 is 0.824 bits per heavy atom. The van der Waals surface area contributed by atoms with Crippen LogP contribution in [0.5, 0.6) is 0 Å². The molecule has 0 atom stereocenters. The molecule has 0 heterocycles. The predicted octanol–water partition coefficient (Wildman–Crippen LogP) is 4.49. The van der Waals surface area contributed by atoms with Gasteiger partial charge >= 0.3 is 0 Å². The van der Waals surface area contributed by atoms with Crippen LogP contribution in [0.4, 0.5) is 11.4 Å². The van der Waals surface area contributed by atoms with Gasteiger partial charge in [-0.15, -0.1) is 0 Å². The van der Waals surface area contributed by atoms with Gasteiger partial charge in [0.25, 0.3) is 0 Å². The summed E-state index contributed by atoms with van der Waals surface area (Å²) in [7, 11) is 2.08. The van der Waals surface area contributed by atoms with Crippen LogP contribution in [0.3, 0.4) is 0 Å². The molecule has 0 radical (unpaired) electrons. The van der Waals surface area contributed by atoms with E-state index in [0.29, 0.717) is 0 Å². The highest BCUT2D eigenvalue weighted by molar-refractivity contribution is 5.64. The van der Waals surface area contributed by atoms with Gasteiger partial charge in [0.15, 0.2) is 0 Å². The minimum atomic E-state index is 1.20. The predicted molar refractivity (Wildman–Crippen MR) is 75.7 cm³/mol. The second-order valence-corrected chi connectivity index (χ2v) is 3.99. The summed E-state index contributed by atoms with van der Waals surface area (Å²) < 4.78 is 0. The minimum Gasteiger partial charge on any atom is -0.345 e. The SMILES string of the molecule is CC=Cc1ccc(N(C)c2ccccc2)cc1. The standard InChI is InChI=1S/C16H17N/c1-3-7-14-10-12-16(13-11-14)17(2)15-8-5-4-6-9-15/h3-13H,1-2H3. The molecule has 1 heteroatoms. The van der Waals surface area contributed by atoms with Crippen molar-refractivity contribution >= 4 is 17.5 Å². The zero-order valence-corrected chi connectivity index (χ0v) is 10.3. The molecule has 0 spiro atoms. The molecule has 0 unspecified atom stereocenters. The molecular weight excluding hydrogens is 206 g/mol. The molecule has 0 saturated heterocycles. The summed E-state index contributed by atoms with van der Waals surface area (Å²) in [5.41, 5.74) is 3.63. The van der Waals surface area contributed by atoms with Crippen molar-refractivity contribution in [2.45, 2.75) is 6.92 Å². The molecule has 0 saturated carbocycles. The van der Waals surface area contributed by atoms with E-state index in [2.05, 4.69) is 72.6 Å². The van der Waals surface area contributed by atoms with Gasteiger partial charge in [-0.3, -0.25) is 0 Å². The molecule has 17 heavy (non-hydrogen) atoms. The third-order valence-electron chi connectivity index (χ3n) is 2.78.